The third kappa shape index (κ3) is 1.57. The second-order valence-corrected chi connectivity index (χ2v) is 2.84. The summed E-state index contributed by atoms with van der Waals surface area (Å²) in [6.45, 7) is 3.69. The Morgan fingerprint density at radius 1 is 1.60 bits per heavy atom. The van der Waals surface area contributed by atoms with Crippen LogP contribution in [0.3, 0.4) is 0 Å². The van der Waals surface area contributed by atoms with E-state index in [0.29, 0.717) is 6.10 Å². The molecule has 1 aliphatic rings. The highest BCUT2D eigenvalue weighted by atomic mass is 16.5. The van der Waals surface area contributed by atoms with Gasteiger partial charge < -0.3 is 4.74 Å². The fourth-order valence-corrected chi connectivity index (χ4v) is 1.31. The molecule has 0 radical (unpaired) electrons. The van der Waals surface area contributed by atoms with Crippen molar-refractivity contribution in [1.29, 1.82) is 0 Å². The lowest BCUT2D eigenvalue weighted by atomic mass is 10.1. The van der Waals surface area contributed by atoms with Gasteiger partial charge in [-0.25, -0.2) is 0 Å². The Labute approximate surface area is 61.6 Å². The van der Waals surface area contributed by atoms with Crippen LogP contribution in [0.5, 0.6) is 0 Å². The van der Waals surface area contributed by atoms with E-state index in [0.717, 1.165) is 19.3 Å². The average molecular weight is 142 g/mol. The van der Waals surface area contributed by atoms with E-state index >= 15 is 0 Å². The topological polar surface area (TPSA) is 26.3 Å². The summed E-state index contributed by atoms with van der Waals surface area (Å²) < 4.78 is 5.42. The molecular formula is C8H14O2. The van der Waals surface area contributed by atoms with Crippen LogP contribution in [0, 0.1) is 0 Å². The zero-order valence-electron chi connectivity index (χ0n) is 6.59. The fraction of sp³-hybridized carbons (Fsp3) is 0.875. The van der Waals surface area contributed by atoms with Gasteiger partial charge >= 0.3 is 0 Å². The minimum absolute atomic E-state index is 0.0926. The molecule has 0 spiro atoms. The van der Waals surface area contributed by atoms with Crippen molar-refractivity contribution in [3.05, 3.63) is 0 Å². The lowest BCUT2D eigenvalue weighted by Crippen LogP contribution is -2.17. The van der Waals surface area contributed by atoms with Crippen LogP contribution in [0.15, 0.2) is 0 Å². The average Bonchev–Trinajstić information content (AvgIpc) is 2.34. The van der Waals surface area contributed by atoms with Crippen LogP contribution in [-0.2, 0) is 9.53 Å². The first-order valence-corrected chi connectivity index (χ1v) is 3.90. The van der Waals surface area contributed by atoms with Crippen molar-refractivity contribution in [3.63, 3.8) is 0 Å². The summed E-state index contributed by atoms with van der Waals surface area (Å²) >= 11 is 0. The van der Waals surface area contributed by atoms with Crippen LogP contribution in [0.2, 0.25) is 0 Å². The number of ether oxygens (including phenoxy) is 1. The Bertz CT molecular complexity index is 131. The Morgan fingerprint density at radius 2 is 2.30 bits per heavy atom. The minimum atomic E-state index is -0.0926. The maximum Gasteiger partial charge on any atom is 0.158 e. The Hall–Kier alpha value is -0.370. The largest absolute Gasteiger partial charge is 0.367 e. The molecule has 10 heavy (non-hydrogen) atoms. The first-order chi connectivity index (χ1) is 4.74. The maximum atomic E-state index is 10.8. The molecule has 0 saturated carbocycles. The molecule has 0 bridgehead atoms. The van der Waals surface area contributed by atoms with Gasteiger partial charge in [0.1, 0.15) is 6.10 Å². The quantitative estimate of drug-likeness (QED) is 0.584. The number of hydrogen-bond acceptors (Lipinski definition) is 2. The van der Waals surface area contributed by atoms with Gasteiger partial charge in [0.25, 0.3) is 0 Å². The molecule has 1 heterocycles. The van der Waals surface area contributed by atoms with Gasteiger partial charge in [0, 0.05) is 0 Å². The highest BCUT2D eigenvalue weighted by molar-refractivity contribution is 5.80. The van der Waals surface area contributed by atoms with Crippen molar-refractivity contribution in [3.8, 4) is 0 Å². The summed E-state index contributed by atoms with van der Waals surface area (Å²) in [6, 6.07) is 0. The first-order valence-electron chi connectivity index (χ1n) is 3.90. The number of ketones is 1. The maximum absolute atomic E-state index is 10.8. The molecule has 2 heteroatoms. The van der Waals surface area contributed by atoms with Gasteiger partial charge in [-0.05, 0) is 26.2 Å². The number of Topliss-reactive ketones (excluding diaryl/α,β-unsaturated/α-hetero) is 1. The first kappa shape index (κ1) is 7.73. The Morgan fingerprint density at radius 3 is 2.60 bits per heavy atom. The van der Waals surface area contributed by atoms with Gasteiger partial charge in [-0.3, -0.25) is 4.79 Å². The van der Waals surface area contributed by atoms with Gasteiger partial charge in [0.05, 0.1) is 6.10 Å². The fourth-order valence-electron chi connectivity index (χ4n) is 1.31. The van der Waals surface area contributed by atoms with Crippen molar-refractivity contribution in [2.24, 2.45) is 0 Å². The number of carbonyl (C=O) groups excluding carboxylic acids is 1. The number of hydrogen-bond donors (Lipinski definition) is 0. The summed E-state index contributed by atoms with van der Waals surface area (Å²) in [4.78, 5) is 10.8. The van der Waals surface area contributed by atoms with Crippen LogP contribution in [0.25, 0.3) is 0 Å². The van der Waals surface area contributed by atoms with Gasteiger partial charge in [-0.15, -0.1) is 0 Å². The Balaban J connectivity index is 2.35. The van der Waals surface area contributed by atoms with Crippen molar-refractivity contribution in [2.75, 3.05) is 0 Å². The van der Waals surface area contributed by atoms with Crippen molar-refractivity contribution in [1.82, 2.24) is 0 Å². The second-order valence-electron chi connectivity index (χ2n) is 2.84. The molecule has 2 unspecified atom stereocenters. The molecule has 1 saturated heterocycles. The van der Waals surface area contributed by atoms with E-state index in [1.54, 1.807) is 6.92 Å². The summed E-state index contributed by atoms with van der Waals surface area (Å²) in [5.41, 5.74) is 0. The van der Waals surface area contributed by atoms with Crippen LogP contribution < -0.4 is 0 Å². The van der Waals surface area contributed by atoms with E-state index in [1.165, 1.54) is 0 Å². The lowest BCUT2D eigenvalue weighted by molar-refractivity contribution is -0.127. The highest BCUT2D eigenvalue weighted by Crippen LogP contribution is 2.21. The smallest absolute Gasteiger partial charge is 0.158 e. The molecule has 0 aromatic heterocycles. The molecule has 0 N–H and O–H groups in total. The molecule has 1 aliphatic heterocycles. The van der Waals surface area contributed by atoms with Crippen LogP contribution >= 0.6 is 0 Å². The van der Waals surface area contributed by atoms with E-state index in [2.05, 4.69) is 6.92 Å². The van der Waals surface area contributed by atoms with Crippen molar-refractivity contribution < 1.29 is 9.53 Å². The number of rotatable bonds is 2. The van der Waals surface area contributed by atoms with Crippen LogP contribution in [-0.4, -0.2) is 18.0 Å². The highest BCUT2D eigenvalue weighted by Gasteiger charge is 2.26. The van der Waals surface area contributed by atoms with Gasteiger partial charge in [-0.2, -0.15) is 0 Å². The monoisotopic (exact) mass is 142 g/mol. The van der Waals surface area contributed by atoms with Crippen molar-refractivity contribution in [2.45, 2.75) is 45.3 Å². The zero-order valence-corrected chi connectivity index (χ0v) is 6.59. The second kappa shape index (κ2) is 3.15. The van der Waals surface area contributed by atoms with Gasteiger partial charge in [-0.1, -0.05) is 6.92 Å². The Kier molecular flexibility index (Phi) is 2.44. The number of carbonyl (C=O) groups is 1. The minimum Gasteiger partial charge on any atom is -0.367 e. The standard InChI is InChI=1S/C8H14O2/c1-3-7-4-5-8(10-7)6(2)9/h7-8H,3-5H2,1-2H3. The summed E-state index contributed by atoms with van der Waals surface area (Å²) in [5.74, 6) is 0.177. The molecule has 0 amide bonds. The zero-order chi connectivity index (χ0) is 7.56. The molecule has 58 valence electrons. The van der Waals surface area contributed by atoms with E-state index < -0.39 is 0 Å². The van der Waals surface area contributed by atoms with E-state index in [4.69, 9.17) is 4.74 Å². The van der Waals surface area contributed by atoms with E-state index in [1.807, 2.05) is 0 Å². The van der Waals surface area contributed by atoms with Crippen LogP contribution in [0.1, 0.15) is 33.1 Å². The van der Waals surface area contributed by atoms with Gasteiger partial charge in [0.2, 0.25) is 0 Å². The normalized spacial score (nSPS) is 32.6. The molecule has 0 aromatic rings. The summed E-state index contributed by atoms with van der Waals surface area (Å²) in [6.07, 6.45) is 3.26. The predicted octanol–water partition coefficient (Wildman–Crippen LogP) is 1.53. The SMILES string of the molecule is CCC1CCC(C(C)=O)O1. The van der Waals surface area contributed by atoms with Crippen LogP contribution in [0.4, 0.5) is 0 Å². The predicted molar refractivity (Wildman–Crippen MR) is 38.9 cm³/mol. The van der Waals surface area contributed by atoms with E-state index in [-0.39, 0.29) is 11.9 Å². The molecule has 1 rings (SSSR count). The molecular weight excluding hydrogens is 128 g/mol. The molecule has 2 nitrogen and oxygen atoms in total. The third-order valence-electron chi connectivity index (χ3n) is 2.02. The lowest BCUT2D eigenvalue weighted by Gasteiger charge is -2.07. The van der Waals surface area contributed by atoms with Crippen molar-refractivity contribution >= 4 is 5.78 Å². The summed E-state index contributed by atoms with van der Waals surface area (Å²) in [5, 5.41) is 0. The molecule has 0 aliphatic carbocycles. The summed E-state index contributed by atoms with van der Waals surface area (Å²) in [7, 11) is 0. The molecule has 2 atom stereocenters. The van der Waals surface area contributed by atoms with E-state index in [9.17, 15) is 4.79 Å². The molecule has 1 fully saturated rings. The third-order valence-corrected chi connectivity index (χ3v) is 2.02. The van der Waals surface area contributed by atoms with Gasteiger partial charge in [0.15, 0.2) is 5.78 Å². The molecule has 0 aromatic carbocycles.